The Balaban J connectivity index is 2.61. The van der Waals surface area contributed by atoms with Crippen molar-refractivity contribution in [2.45, 2.75) is 33.6 Å². The molecular formula is C14H17N3O5. The van der Waals surface area contributed by atoms with E-state index in [1.54, 1.807) is 20.8 Å². The van der Waals surface area contributed by atoms with Gasteiger partial charge in [0.2, 0.25) is 0 Å². The maximum absolute atomic E-state index is 12.5. The summed E-state index contributed by atoms with van der Waals surface area (Å²) in [5.41, 5.74) is 1.21. The van der Waals surface area contributed by atoms with Crippen LogP contribution in [0.1, 0.15) is 40.7 Å². The molecule has 0 aliphatic rings. The molecule has 2 N–H and O–H groups in total. The monoisotopic (exact) mass is 307 g/mol. The number of nitrogens with one attached hydrogen (secondary N) is 1. The lowest BCUT2D eigenvalue weighted by Gasteiger charge is -2.05. The number of carboxylic acid groups (broad SMARTS) is 1. The van der Waals surface area contributed by atoms with Gasteiger partial charge in [-0.05, 0) is 27.2 Å². The van der Waals surface area contributed by atoms with Gasteiger partial charge in [0.1, 0.15) is 5.56 Å². The van der Waals surface area contributed by atoms with Gasteiger partial charge in [-0.2, -0.15) is 0 Å². The van der Waals surface area contributed by atoms with Crippen LogP contribution in [0.4, 0.5) is 0 Å². The van der Waals surface area contributed by atoms with Crippen LogP contribution in [0.2, 0.25) is 0 Å². The van der Waals surface area contributed by atoms with Crippen molar-refractivity contribution in [2.24, 2.45) is 0 Å². The number of aryl methyl sites for hydroxylation is 2. The quantitative estimate of drug-likeness (QED) is 0.791. The van der Waals surface area contributed by atoms with E-state index in [4.69, 9.17) is 9.84 Å². The summed E-state index contributed by atoms with van der Waals surface area (Å²) in [6.07, 6.45) is -0.0724. The molecule has 8 heteroatoms. The van der Waals surface area contributed by atoms with E-state index in [1.807, 2.05) is 0 Å². The Kier molecular flexibility index (Phi) is 4.30. The van der Waals surface area contributed by atoms with Crippen LogP contribution in [0, 0.1) is 13.8 Å². The molecule has 0 radical (unpaired) electrons. The van der Waals surface area contributed by atoms with E-state index >= 15 is 0 Å². The molecule has 2 aromatic rings. The number of carbonyl (C=O) groups excluding carboxylic acids is 1. The fourth-order valence-electron chi connectivity index (χ4n) is 2.29. The largest absolute Gasteiger partial charge is 0.481 e. The Labute approximate surface area is 125 Å². The molecule has 0 saturated heterocycles. The van der Waals surface area contributed by atoms with E-state index in [9.17, 15) is 14.4 Å². The molecule has 0 spiro atoms. The lowest BCUT2D eigenvalue weighted by Crippen LogP contribution is -2.23. The predicted molar refractivity (Wildman–Crippen MR) is 77.2 cm³/mol. The van der Waals surface area contributed by atoms with Crippen molar-refractivity contribution in [3.8, 4) is 0 Å². The molecule has 118 valence electrons. The summed E-state index contributed by atoms with van der Waals surface area (Å²) in [4.78, 5) is 39.4. The van der Waals surface area contributed by atoms with E-state index in [0.717, 1.165) is 4.52 Å². The SMILES string of the molecule is CCOC(=O)c1c(C)[nH]n2c(=O)c(CCC(=O)O)c(C)nc12. The first kappa shape index (κ1) is 15.7. The van der Waals surface area contributed by atoms with E-state index in [0.29, 0.717) is 17.0 Å². The zero-order chi connectivity index (χ0) is 16.4. The highest BCUT2D eigenvalue weighted by molar-refractivity contribution is 5.97. The van der Waals surface area contributed by atoms with E-state index in [2.05, 4.69) is 10.1 Å². The van der Waals surface area contributed by atoms with E-state index in [-0.39, 0.29) is 30.7 Å². The number of aromatic nitrogens is 3. The van der Waals surface area contributed by atoms with Crippen molar-refractivity contribution < 1.29 is 19.4 Å². The second-order valence-electron chi connectivity index (χ2n) is 4.87. The first-order valence-corrected chi connectivity index (χ1v) is 6.86. The first-order valence-electron chi connectivity index (χ1n) is 6.86. The van der Waals surface area contributed by atoms with Gasteiger partial charge in [-0.3, -0.25) is 14.7 Å². The summed E-state index contributed by atoms with van der Waals surface area (Å²) in [6.45, 7) is 5.18. The minimum absolute atomic E-state index is 0.0861. The van der Waals surface area contributed by atoms with Gasteiger partial charge in [0.25, 0.3) is 5.56 Å². The normalized spacial score (nSPS) is 10.9. The predicted octanol–water partition coefficient (Wildman–Crippen LogP) is 0.833. The zero-order valence-electron chi connectivity index (χ0n) is 12.6. The third kappa shape index (κ3) is 2.72. The summed E-state index contributed by atoms with van der Waals surface area (Å²) in [5, 5.41) is 11.5. The number of rotatable bonds is 5. The molecule has 2 aromatic heterocycles. The Morgan fingerprint density at radius 3 is 2.64 bits per heavy atom. The molecule has 0 aliphatic heterocycles. The molecule has 0 aromatic carbocycles. The summed E-state index contributed by atoms with van der Waals surface area (Å²) in [6, 6.07) is 0. The number of hydrogen-bond donors (Lipinski definition) is 2. The Hall–Kier alpha value is -2.64. The molecule has 0 unspecified atom stereocenters. The average Bonchev–Trinajstić information content (AvgIpc) is 2.75. The summed E-state index contributed by atoms with van der Waals surface area (Å²) >= 11 is 0. The second-order valence-corrected chi connectivity index (χ2v) is 4.87. The van der Waals surface area contributed by atoms with Crippen molar-refractivity contribution in [3.05, 3.63) is 32.9 Å². The van der Waals surface area contributed by atoms with Crippen molar-refractivity contribution in [1.82, 2.24) is 14.6 Å². The molecule has 2 heterocycles. The van der Waals surface area contributed by atoms with Gasteiger partial charge in [0.15, 0.2) is 5.65 Å². The van der Waals surface area contributed by atoms with Crippen molar-refractivity contribution in [2.75, 3.05) is 6.61 Å². The van der Waals surface area contributed by atoms with Crippen LogP contribution in [-0.4, -0.2) is 38.3 Å². The van der Waals surface area contributed by atoms with Gasteiger partial charge >= 0.3 is 11.9 Å². The first-order chi connectivity index (χ1) is 10.4. The molecule has 0 fully saturated rings. The number of carbonyl (C=O) groups is 2. The van der Waals surface area contributed by atoms with Crippen LogP contribution in [-0.2, 0) is 16.0 Å². The maximum Gasteiger partial charge on any atom is 0.343 e. The highest BCUT2D eigenvalue weighted by Gasteiger charge is 2.22. The van der Waals surface area contributed by atoms with Crippen LogP contribution in [0.15, 0.2) is 4.79 Å². The number of aromatic amines is 1. The van der Waals surface area contributed by atoms with Gasteiger partial charge < -0.3 is 9.84 Å². The Morgan fingerprint density at radius 1 is 1.36 bits per heavy atom. The number of nitrogens with zero attached hydrogens (tertiary/aromatic N) is 2. The van der Waals surface area contributed by atoms with Crippen LogP contribution in [0.3, 0.4) is 0 Å². The molecule has 0 saturated carbocycles. The molecule has 2 rings (SSSR count). The molecule has 0 bridgehead atoms. The highest BCUT2D eigenvalue weighted by atomic mass is 16.5. The standard InChI is InChI=1S/C14H17N3O5/c1-4-22-14(21)11-8(3)16-17-12(11)15-7(2)9(13(17)20)5-6-10(18)19/h16H,4-6H2,1-3H3,(H,18,19). The number of carboxylic acids is 1. The Bertz CT molecular complexity index is 803. The third-order valence-electron chi connectivity index (χ3n) is 3.33. The van der Waals surface area contributed by atoms with Crippen molar-refractivity contribution >= 4 is 17.6 Å². The zero-order valence-corrected chi connectivity index (χ0v) is 12.6. The minimum Gasteiger partial charge on any atom is -0.481 e. The van der Waals surface area contributed by atoms with Crippen molar-refractivity contribution in [3.63, 3.8) is 0 Å². The van der Waals surface area contributed by atoms with Crippen molar-refractivity contribution in [1.29, 1.82) is 0 Å². The van der Waals surface area contributed by atoms with Crippen LogP contribution in [0.25, 0.3) is 5.65 Å². The van der Waals surface area contributed by atoms with E-state index < -0.39 is 17.5 Å². The maximum atomic E-state index is 12.5. The topological polar surface area (TPSA) is 114 Å². The number of aliphatic carboxylic acids is 1. The number of fused-ring (bicyclic) bond motifs is 1. The van der Waals surface area contributed by atoms with Crippen LogP contribution < -0.4 is 5.56 Å². The highest BCUT2D eigenvalue weighted by Crippen LogP contribution is 2.15. The molecule has 8 nitrogen and oxygen atoms in total. The summed E-state index contributed by atoms with van der Waals surface area (Å²) in [7, 11) is 0. The number of esters is 1. The van der Waals surface area contributed by atoms with Crippen LogP contribution in [0.5, 0.6) is 0 Å². The number of ether oxygens (including phenoxy) is 1. The summed E-state index contributed by atoms with van der Waals surface area (Å²) in [5.74, 6) is -1.54. The van der Waals surface area contributed by atoms with Gasteiger partial charge in [-0.25, -0.2) is 14.3 Å². The Morgan fingerprint density at radius 2 is 2.05 bits per heavy atom. The molecule has 22 heavy (non-hydrogen) atoms. The van der Waals surface area contributed by atoms with Gasteiger partial charge in [-0.15, -0.1) is 0 Å². The minimum atomic E-state index is -0.987. The number of hydrogen-bond acceptors (Lipinski definition) is 5. The van der Waals surface area contributed by atoms with Gasteiger partial charge in [-0.1, -0.05) is 0 Å². The fraction of sp³-hybridized carbons (Fsp3) is 0.429. The van der Waals surface area contributed by atoms with Gasteiger partial charge in [0.05, 0.1) is 6.61 Å². The lowest BCUT2D eigenvalue weighted by molar-refractivity contribution is -0.136. The lowest BCUT2D eigenvalue weighted by atomic mass is 10.1. The van der Waals surface area contributed by atoms with Gasteiger partial charge in [0, 0.05) is 23.4 Å². The number of H-pyrrole nitrogens is 1. The molecule has 0 aliphatic carbocycles. The molecule has 0 atom stereocenters. The third-order valence-corrected chi connectivity index (χ3v) is 3.33. The summed E-state index contributed by atoms with van der Waals surface area (Å²) < 4.78 is 6.13. The molecular weight excluding hydrogens is 290 g/mol. The molecule has 0 amide bonds. The average molecular weight is 307 g/mol. The van der Waals surface area contributed by atoms with Crippen LogP contribution >= 0.6 is 0 Å². The second kappa shape index (κ2) is 6.00. The fourth-order valence-corrected chi connectivity index (χ4v) is 2.29. The van der Waals surface area contributed by atoms with E-state index in [1.165, 1.54) is 0 Å². The smallest absolute Gasteiger partial charge is 0.343 e.